The smallest absolute Gasteiger partial charge is 0.271 e. The number of nitrogens with zero attached hydrogens (tertiary/aromatic N) is 5. The highest BCUT2D eigenvalue weighted by atomic mass is 16.2. The zero-order chi connectivity index (χ0) is 22.1. The summed E-state index contributed by atoms with van der Waals surface area (Å²) in [7, 11) is 2.09. The van der Waals surface area contributed by atoms with E-state index in [0.717, 1.165) is 35.6 Å². The van der Waals surface area contributed by atoms with Crippen molar-refractivity contribution in [1.29, 1.82) is 0 Å². The minimum Gasteiger partial charge on any atom is -0.364 e. The first-order chi connectivity index (χ1) is 14.9. The van der Waals surface area contributed by atoms with Gasteiger partial charge >= 0.3 is 0 Å². The van der Waals surface area contributed by atoms with Crippen LogP contribution in [0.5, 0.6) is 0 Å². The van der Waals surface area contributed by atoms with Crippen LogP contribution in [0, 0.1) is 13.8 Å². The Kier molecular flexibility index (Phi) is 5.73. The Bertz CT molecular complexity index is 1120. The number of likely N-dealkylation sites (N-methyl/N-ethyl adjacent to an activating group) is 1. The Hall–Kier alpha value is -3.26. The Labute approximate surface area is 181 Å². The van der Waals surface area contributed by atoms with Crippen LogP contribution in [0.2, 0.25) is 0 Å². The first kappa shape index (κ1) is 21.0. The number of carbonyl (C=O) groups excluding carboxylic acids is 2. The fraction of sp³-hybridized carbons (Fsp3) is 0.391. The lowest BCUT2D eigenvalue weighted by Gasteiger charge is -2.40. The molecule has 1 fully saturated rings. The van der Waals surface area contributed by atoms with Crippen molar-refractivity contribution in [2.45, 2.75) is 32.7 Å². The van der Waals surface area contributed by atoms with Crippen molar-refractivity contribution in [1.82, 2.24) is 24.2 Å². The Morgan fingerprint density at radius 1 is 1.16 bits per heavy atom. The van der Waals surface area contributed by atoms with Gasteiger partial charge in [-0.1, -0.05) is 30.3 Å². The average molecular weight is 421 g/mol. The molecule has 8 heteroatoms. The lowest BCUT2D eigenvalue weighted by molar-refractivity contribution is -0.136. The van der Waals surface area contributed by atoms with E-state index in [-0.39, 0.29) is 17.6 Å². The molecule has 31 heavy (non-hydrogen) atoms. The van der Waals surface area contributed by atoms with E-state index in [1.165, 1.54) is 0 Å². The molecule has 0 saturated carbocycles. The highest BCUT2D eigenvalue weighted by Gasteiger charge is 2.30. The van der Waals surface area contributed by atoms with Gasteiger partial charge in [0.25, 0.3) is 5.91 Å². The minimum atomic E-state index is -0.598. The molecule has 0 unspecified atom stereocenters. The molecule has 3 aromatic rings. The number of imidazole rings is 1. The van der Waals surface area contributed by atoms with Crippen LogP contribution in [-0.4, -0.2) is 62.7 Å². The van der Waals surface area contributed by atoms with Gasteiger partial charge in [0, 0.05) is 37.4 Å². The summed E-state index contributed by atoms with van der Waals surface area (Å²) in [6.07, 6.45) is 2.55. The first-order valence-electron chi connectivity index (χ1n) is 10.5. The maximum atomic E-state index is 13.2. The molecule has 0 radical (unpaired) electrons. The van der Waals surface area contributed by atoms with Gasteiger partial charge in [0.15, 0.2) is 11.3 Å². The fourth-order valence-corrected chi connectivity index (χ4v) is 4.42. The monoisotopic (exact) mass is 420 g/mol. The van der Waals surface area contributed by atoms with Gasteiger partial charge in [-0.3, -0.25) is 14.0 Å². The summed E-state index contributed by atoms with van der Waals surface area (Å²) in [6.45, 7) is 6.26. The molecule has 1 aromatic carbocycles. The van der Waals surface area contributed by atoms with Crippen LogP contribution in [0.3, 0.4) is 0 Å². The summed E-state index contributed by atoms with van der Waals surface area (Å²) in [5.41, 5.74) is 9.91. The largest absolute Gasteiger partial charge is 0.364 e. The summed E-state index contributed by atoms with van der Waals surface area (Å²) < 4.78 is 1.77. The summed E-state index contributed by atoms with van der Waals surface area (Å²) in [6, 6.07) is 10.3. The van der Waals surface area contributed by atoms with E-state index in [1.807, 2.05) is 36.9 Å². The predicted molar refractivity (Wildman–Crippen MR) is 118 cm³/mol. The number of aromatic nitrogens is 3. The number of benzene rings is 1. The highest BCUT2D eigenvalue weighted by Crippen LogP contribution is 2.26. The SMILES string of the molecule is Cc1nc2c(C(N)=O)ncn2c(C)c1CCC(=O)N1CCN(C)C[C@@H]1c1ccccc1. The van der Waals surface area contributed by atoms with Crippen LogP contribution < -0.4 is 5.73 Å². The van der Waals surface area contributed by atoms with Crippen LogP contribution in [0.15, 0.2) is 36.7 Å². The van der Waals surface area contributed by atoms with E-state index >= 15 is 0 Å². The molecule has 0 spiro atoms. The van der Waals surface area contributed by atoms with Gasteiger partial charge in [-0.2, -0.15) is 0 Å². The van der Waals surface area contributed by atoms with Crippen molar-refractivity contribution in [2.24, 2.45) is 5.73 Å². The molecule has 1 saturated heterocycles. The number of primary amides is 1. The summed E-state index contributed by atoms with van der Waals surface area (Å²) in [4.78, 5) is 37.8. The molecule has 1 aliphatic rings. The second-order valence-electron chi connectivity index (χ2n) is 8.19. The number of hydrogen-bond acceptors (Lipinski definition) is 5. The van der Waals surface area contributed by atoms with Gasteiger partial charge in [0.2, 0.25) is 5.91 Å². The molecule has 2 N–H and O–H groups in total. The number of amides is 2. The van der Waals surface area contributed by atoms with E-state index < -0.39 is 5.91 Å². The lowest BCUT2D eigenvalue weighted by atomic mass is 10.0. The number of nitrogens with two attached hydrogens (primary N) is 1. The van der Waals surface area contributed by atoms with Crippen molar-refractivity contribution in [2.75, 3.05) is 26.7 Å². The van der Waals surface area contributed by atoms with Crippen LogP contribution in [0.25, 0.3) is 5.65 Å². The van der Waals surface area contributed by atoms with Gasteiger partial charge in [-0.15, -0.1) is 0 Å². The van der Waals surface area contributed by atoms with E-state index in [4.69, 9.17) is 5.73 Å². The molecule has 162 valence electrons. The maximum Gasteiger partial charge on any atom is 0.271 e. The number of fused-ring (bicyclic) bond motifs is 1. The van der Waals surface area contributed by atoms with Crippen LogP contribution >= 0.6 is 0 Å². The molecule has 0 bridgehead atoms. The van der Waals surface area contributed by atoms with Crippen molar-refractivity contribution >= 4 is 17.5 Å². The zero-order valence-electron chi connectivity index (χ0n) is 18.2. The van der Waals surface area contributed by atoms with Crippen molar-refractivity contribution in [3.05, 3.63) is 64.9 Å². The van der Waals surface area contributed by atoms with Crippen molar-refractivity contribution in [3.8, 4) is 0 Å². The molecule has 1 aliphatic heterocycles. The maximum absolute atomic E-state index is 13.2. The number of rotatable bonds is 5. The number of piperazine rings is 1. The topological polar surface area (TPSA) is 96.8 Å². The molecule has 2 aromatic heterocycles. The number of carbonyl (C=O) groups is 2. The van der Waals surface area contributed by atoms with Crippen LogP contribution in [0.4, 0.5) is 0 Å². The van der Waals surface area contributed by atoms with Gasteiger partial charge in [0.05, 0.1) is 6.04 Å². The zero-order valence-corrected chi connectivity index (χ0v) is 18.2. The van der Waals surface area contributed by atoms with E-state index in [9.17, 15) is 9.59 Å². The lowest BCUT2D eigenvalue weighted by Crippen LogP contribution is -2.49. The van der Waals surface area contributed by atoms with Crippen LogP contribution in [0.1, 0.15) is 45.5 Å². The number of hydrogen-bond donors (Lipinski definition) is 1. The summed E-state index contributed by atoms with van der Waals surface area (Å²) in [5, 5.41) is 0. The molecule has 3 heterocycles. The molecular weight excluding hydrogens is 392 g/mol. The molecule has 8 nitrogen and oxygen atoms in total. The Morgan fingerprint density at radius 2 is 1.90 bits per heavy atom. The van der Waals surface area contributed by atoms with E-state index in [2.05, 4.69) is 34.0 Å². The van der Waals surface area contributed by atoms with Crippen molar-refractivity contribution in [3.63, 3.8) is 0 Å². The van der Waals surface area contributed by atoms with Gasteiger partial charge < -0.3 is 15.5 Å². The van der Waals surface area contributed by atoms with Crippen molar-refractivity contribution < 1.29 is 9.59 Å². The fourth-order valence-electron chi connectivity index (χ4n) is 4.42. The minimum absolute atomic E-state index is 0.0574. The second kappa shape index (κ2) is 8.47. The average Bonchev–Trinajstić information content (AvgIpc) is 3.18. The normalized spacial score (nSPS) is 17.3. The Balaban J connectivity index is 1.55. The van der Waals surface area contributed by atoms with Crippen LogP contribution in [-0.2, 0) is 11.2 Å². The molecule has 0 aliphatic carbocycles. The third kappa shape index (κ3) is 4.03. The first-order valence-corrected chi connectivity index (χ1v) is 10.5. The standard InChI is InChI=1S/C23H28N6O2/c1-15-18(16(2)29-14-25-21(22(24)31)23(29)26-15)9-10-20(30)28-12-11-27(3)13-19(28)17-7-5-4-6-8-17/h4-8,14,19H,9-13H2,1-3H3,(H2,24,31)/t19-/m1/s1. The third-order valence-electron chi connectivity index (χ3n) is 6.16. The second-order valence-corrected chi connectivity index (χ2v) is 8.19. The van der Waals surface area contributed by atoms with E-state index in [0.29, 0.717) is 25.0 Å². The summed E-state index contributed by atoms with van der Waals surface area (Å²) >= 11 is 0. The molecule has 1 atom stereocenters. The Morgan fingerprint density at radius 3 is 2.61 bits per heavy atom. The quantitative estimate of drug-likeness (QED) is 0.680. The summed E-state index contributed by atoms with van der Waals surface area (Å²) in [5.74, 6) is -0.456. The molecule has 4 rings (SSSR count). The van der Waals surface area contributed by atoms with E-state index in [1.54, 1.807) is 10.7 Å². The molecular formula is C23H28N6O2. The number of aryl methyl sites for hydroxylation is 2. The van der Waals surface area contributed by atoms with Gasteiger partial charge in [0.1, 0.15) is 6.33 Å². The third-order valence-corrected chi connectivity index (χ3v) is 6.16. The van der Waals surface area contributed by atoms with Gasteiger partial charge in [-0.25, -0.2) is 9.97 Å². The predicted octanol–water partition coefficient (Wildman–Crippen LogP) is 1.89. The molecule has 2 amide bonds. The highest BCUT2D eigenvalue weighted by molar-refractivity contribution is 5.96. The van der Waals surface area contributed by atoms with Gasteiger partial charge in [-0.05, 0) is 38.4 Å².